The summed E-state index contributed by atoms with van der Waals surface area (Å²) < 4.78 is 0. The normalized spacial score (nSPS) is 13.0. The molecule has 3 nitrogen and oxygen atoms in total. The predicted octanol–water partition coefficient (Wildman–Crippen LogP) is 1.65. The van der Waals surface area contributed by atoms with Gasteiger partial charge in [-0.2, -0.15) is 0 Å². The van der Waals surface area contributed by atoms with Crippen LogP contribution in [-0.2, 0) is 4.79 Å². The SMILES string of the molecule is CCN(CC(C)C)C(=O)CCC(C)O. The Morgan fingerprint density at radius 2 is 1.93 bits per heavy atom. The Labute approximate surface area is 87.1 Å². The van der Waals surface area contributed by atoms with Crippen molar-refractivity contribution in [2.45, 2.75) is 46.6 Å². The number of carbonyl (C=O) groups excluding carboxylic acids is 1. The topological polar surface area (TPSA) is 40.5 Å². The minimum absolute atomic E-state index is 0.155. The second-order valence-electron chi connectivity index (χ2n) is 4.21. The summed E-state index contributed by atoms with van der Waals surface area (Å²) in [7, 11) is 0. The van der Waals surface area contributed by atoms with Crippen LogP contribution in [0.15, 0.2) is 0 Å². The zero-order valence-corrected chi connectivity index (χ0v) is 9.79. The molecule has 0 radical (unpaired) electrons. The van der Waals surface area contributed by atoms with Gasteiger partial charge in [0, 0.05) is 19.5 Å². The fourth-order valence-corrected chi connectivity index (χ4v) is 1.34. The first-order chi connectivity index (χ1) is 6.47. The number of nitrogens with zero attached hydrogens (tertiary/aromatic N) is 1. The van der Waals surface area contributed by atoms with Gasteiger partial charge in [-0.15, -0.1) is 0 Å². The second kappa shape index (κ2) is 6.82. The van der Waals surface area contributed by atoms with E-state index >= 15 is 0 Å². The summed E-state index contributed by atoms with van der Waals surface area (Å²) in [5.74, 6) is 0.660. The van der Waals surface area contributed by atoms with Crippen molar-refractivity contribution in [2.75, 3.05) is 13.1 Å². The smallest absolute Gasteiger partial charge is 0.222 e. The van der Waals surface area contributed by atoms with E-state index in [2.05, 4.69) is 13.8 Å². The summed E-state index contributed by atoms with van der Waals surface area (Å²) in [4.78, 5) is 13.5. The number of amides is 1. The summed E-state index contributed by atoms with van der Waals surface area (Å²) in [6, 6.07) is 0. The Bertz CT molecular complexity index is 167. The molecule has 0 saturated carbocycles. The van der Waals surface area contributed by atoms with Crippen LogP contribution in [0.25, 0.3) is 0 Å². The van der Waals surface area contributed by atoms with Crippen LogP contribution >= 0.6 is 0 Å². The minimum atomic E-state index is -0.378. The molecule has 84 valence electrons. The van der Waals surface area contributed by atoms with E-state index in [4.69, 9.17) is 5.11 Å². The number of aliphatic hydroxyl groups is 1. The molecule has 0 heterocycles. The van der Waals surface area contributed by atoms with Gasteiger partial charge < -0.3 is 10.0 Å². The van der Waals surface area contributed by atoms with Gasteiger partial charge in [-0.1, -0.05) is 13.8 Å². The summed E-state index contributed by atoms with van der Waals surface area (Å²) in [6.45, 7) is 9.48. The van der Waals surface area contributed by atoms with Gasteiger partial charge in [0.15, 0.2) is 0 Å². The van der Waals surface area contributed by atoms with E-state index in [0.29, 0.717) is 18.8 Å². The molecule has 0 aliphatic heterocycles. The number of hydrogen-bond acceptors (Lipinski definition) is 2. The van der Waals surface area contributed by atoms with Gasteiger partial charge in [0.1, 0.15) is 0 Å². The maximum Gasteiger partial charge on any atom is 0.222 e. The van der Waals surface area contributed by atoms with Crippen molar-refractivity contribution < 1.29 is 9.90 Å². The van der Waals surface area contributed by atoms with Gasteiger partial charge in [-0.25, -0.2) is 0 Å². The molecular weight excluding hydrogens is 178 g/mol. The Balaban J connectivity index is 3.92. The first-order valence-corrected chi connectivity index (χ1v) is 5.43. The van der Waals surface area contributed by atoms with Gasteiger partial charge in [0.25, 0.3) is 0 Å². The minimum Gasteiger partial charge on any atom is -0.393 e. The molecule has 14 heavy (non-hydrogen) atoms. The van der Waals surface area contributed by atoms with Crippen molar-refractivity contribution >= 4 is 5.91 Å². The predicted molar refractivity (Wildman–Crippen MR) is 58.0 cm³/mol. The zero-order chi connectivity index (χ0) is 11.1. The first-order valence-electron chi connectivity index (χ1n) is 5.43. The molecule has 0 spiro atoms. The van der Waals surface area contributed by atoms with Gasteiger partial charge in [-0.05, 0) is 26.2 Å². The average Bonchev–Trinajstić information content (AvgIpc) is 2.09. The van der Waals surface area contributed by atoms with Crippen molar-refractivity contribution in [3.63, 3.8) is 0 Å². The van der Waals surface area contributed by atoms with E-state index in [0.717, 1.165) is 13.1 Å². The summed E-state index contributed by atoms with van der Waals surface area (Å²) in [5, 5.41) is 9.07. The zero-order valence-electron chi connectivity index (χ0n) is 9.79. The average molecular weight is 201 g/mol. The number of rotatable bonds is 6. The molecule has 0 aromatic carbocycles. The number of aliphatic hydroxyl groups excluding tert-OH is 1. The Morgan fingerprint density at radius 3 is 2.29 bits per heavy atom. The Hall–Kier alpha value is -0.570. The lowest BCUT2D eigenvalue weighted by Crippen LogP contribution is -2.34. The van der Waals surface area contributed by atoms with E-state index in [1.165, 1.54) is 0 Å². The van der Waals surface area contributed by atoms with Crippen molar-refractivity contribution in [3.05, 3.63) is 0 Å². The van der Waals surface area contributed by atoms with Crippen LogP contribution in [0.4, 0.5) is 0 Å². The highest BCUT2D eigenvalue weighted by Crippen LogP contribution is 2.04. The first kappa shape index (κ1) is 13.4. The van der Waals surface area contributed by atoms with Crippen LogP contribution in [0, 0.1) is 5.92 Å². The lowest BCUT2D eigenvalue weighted by atomic mass is 10.1. The molecule has 0 bridgehead atoms. The van der Waals surface area contributed by atoms with Gasteiger partial charge >= 0.3 is 0 Å². The maximum absolute atomic E-state index is 11.6. The summed E-state index contributed by atoms with van der Waals surface area (Å²) in [6.07, 6.45) is 0.641. The second-order valence-corrected chi connectivity index (χ2v) is 4.21. The molecule has 0 saturated heterocycles. The van der Waals surface area contributed by atoms with Crippen LogP contribution < -0.4 is 0 Å². The standard InChI is InChI=1S/C11H23NO2/c1-5-12(8-9(2)3)11(14)7-6-10(4)13/h9-10,13H,5-8H2,1-4H3. The van der Waals surface area contributed by atoms with Gasteiger partial charge in [-0.3, -0.25) is 4.79 Å². The molecule has 0 rings (SSSR count). The molecule has 0 aliphatic carbocycles. The van der Waals surface area contributed by atoms with Gasteiger partial charge in [0.05, 0.1) is 6.10 Å². The Morgan fingerprint density at radius 1 is 1.36 bits per heavy atom. The van der Waals surface area contributed by atoms with E-state index in [-0.39, 0.29) is 12.0 Å². The van der Waals surface area contributed by atoms with Crippen LogP contribution in [0.1, 0.15) is 40.5 Å². The van der Waals surface area contributed by atoms with E-state index in [1.807, 2.05) is 11.8 Å². The van der Waals surface area contributed by atoms with Crippen molar-refractivity contribution in [2.24, 2.45) is 5.92 Å². The van der Waals surface area contributed by atoms with Crippen LogP contribution in [-0.4, -0.2) is 35.1 Å². The van der Waals surface area contributed by atoms with Crippen LogP contribution in [0.2, 0.25) is 0 Å². The molecule has 0 aromatic rings. The van der Waals surface area contributed by atoms with Crippen LogP contribution in [0.3, 0.4) is 0 Å². The fourth-order valence-electron chi connectivity index (χ4n) is 1.34. The summed E-state index contributed by atoms with van der Waals surface area (Å²) >= 11 is 0. The molecule has 1 amide bonds. The molecule has 3 heteroatoms. The number of hydrogen-bond donors (Lipinski definition) is 1. The van der Waals surface area contributed by atoms with Crippen molar-refractivity contribution in [1.29, 1.82) is 0 Å². The number of carbonyl (C=O) groups is 1. The quantitative estimate of drug-likeness (QED) is 0.710. The molecule has 1 unspecified atom stereocenters. The van der Waals surface area contributed by atoms with E-state index < -0.39 is 0 Å². The molecule has 1 N–H and O–H groups in total. The lowest BCUT2D eigenvalue weighted by molar-refractivity contribution is -0.132. The molecule has 0 aromatic heterocycles. The highest BCUT2D eigenvalue weighted by Gasteiger charge is 2.13. The highest BCUT2D eigenvalue weighted by atomic mass is 16.3. The third-order valence-corrected chi connectivity index (χ3v) is 2.10. The van der Waals surface area contributed by atoms with Crippen molar-refractivity contribution in [3.8, 4) is 0 Å². The van der Waals surface area contributed by atoms with Crippen LogP contribution in [0.5, 0.6) is 0 Å². The lowest BCUT2D eigenvalue weighted by Gasteiger charge is -2.23. The summed E-state index contributed by atoms with van der Waals surface area (Å²) in [5.41, 5.74) is 0. The van der Waals surface area contributed by atoms with E-state index in [9.17, 15) is 4.79 Å². The third kappa shape index (κ3) is 5.97. The Kier molecular flexibility index (Phi) is 6.54. The molecular formula is C11H23NO2. The maximum atomic E-state index is 11.6. The van der Waals surface area contributed by atoms with E-state index in [1.54, 1.807) is 6.92 Å². The molecule has 1 atom stereocenters. The molecule has 0 fully saturated rings. The molecule has 0 aliphatic rings. The van der Waals surface area contributed by atoms with Crippen molar-refractivity contribution in [1.82, 2.24) is 4.90 Å². The monoisotopic (exact) mass is 201 g/mol. The fraction of sp³-hybridized carbons (Fsp3) is 0.909. The highest BCUT2D eigenvalue weighted by molar-refractivity contribution is 5.76. The third-order valence-electron chi connectivity index (χ3n) is 2.10. The largest absolute Gasteiger partial charge is 0.393 e. The van der Waals surface area contributed by atoms with Gasteiger partial charge in [0.2, 0.25) is 5.91 Å².